The van der Waals surface area contributed by atoms with Crippen molar-refractivity contribution in [3.63, 3.8) is 0 Å². The molecule has 0 saturated heterocycles. The van der Waals surface area contributed by atoms with Crippen molar-refractivity contribution in [2.75, 3.05) is 13.6 Å². The molecule has 0 spiro atoms. The summed E-state index contributed by atoms with van der Waals surface area (Å²) in [5, 5.41) is 6.60. The Balaban J connectivity index is 1.77. The Morgan fingerprint density at radius 2 is 2.04 bits per heavy atom. The van der Waals surface area contributed by atoms with Crippen LogP contribution in [-0.2, 0) is 6.54 Å². The third kappa shape index (κ3) is 6.47. The lowest BCUT2D eigenvalue weighted by atomic mass is 9.98. The van der Waals surface area contributed by atoms with Crippen LogP contribution in [0.5, 0.6) is 5.88 Å². The quantitative estimate of drug-likeness (QED) is 0.625. The number of aromatic nitrogens is 1. The third-order valence-corrected chi connectivity index (χ3v) is 4.00. The highest BCUT2D eigenvalue weighted by Gasteiger charge is 2.15. The van der Waals surface area contributed by atoms with E-state index in [0.29, 0.717) is 18.6 Å². The summed E-state index contributed by atoms with van der Waals surface area (Å²) in [6.45, 7) is 5.96. The number of hydrogen-bond acceptors (Lipinski definition) is 3. The van der Waals surface area contributed by atoms with Crippen LogP contribution in [0.25, 0.3) is 0 Å². The zero-order valence-corrected chi connectivity index (χ0v) is 14.6. The molecule has 1 aromatic heterocycles. The molecule has 2 rings (SSSR count). The van der Waals surface area contributed by atoms with Gasteiger partial charge in [-0.15, -0.1) is 0 Å². The van der Waals surface area contributed by atoms with E-state index in [1.54, 1.807) is 7.05 Å². The van der Waals surface area contributed by atoms with E-state index in [9.17, 15) is 0 Å². The average Bonchev–Trinajstić information content (AvgIpc) is 2.57. The van der Waals surface area contributed by atoms with Gasteiger partial charge in [-0.25, -0.2) is 4.98 Å². The number of hydrogen-bond donors (Lipinski definition) is 2. The number of pyridine rings is 1. The standard InChI is InChI=1S/C18H30N4O/c1-14(2)11-21-18(19-3)22-13-15-9-10-17(20-12-15)23-16-7-5-4-6-8-16/h9-10,12,14,16H,4-8,11,13H2,1-3H3,(H2,19,21,22). The van der Waals surface area contributed by atoms with Crippen LogP contribution in [0.1, 0.15) is 51.5 Å². The summed E-state index contributed by atoms with van der Waals surface area (Å²) in [4.78, 5) is 8.65. The van der Waals surface area contributed by atoms with Crippen LogP contribution in [-0.4, -0.2) is 30.6 Å². The highest BCUT2D eigenvalue weighted by atomic mass is 16.5. The number of nitrogens with one attached hydrogen (secondary N) is 2. The summed E-state index contributed by atoms with van der Waals surface area (Å²) in [6, 6.07) is 4.03. The maximum Gasteiger partial charge on any atom is 0.213 e. The number of rotatable bonds is 6. The Hall–Kier alpha value is -1.78. The zero-order chi connectivity index (χ0) is 16.5. The molecule has 5 heteroatoms. The van der Waals surface area contributed by atoms with E-state index < -0.39 is 0 Å². The van der Waals surface area contributed by atoms with Crippen LogP contribution < -0.4 is 15.4 Å². The molecule has 0 bridgehead atoms. The number of guanidine groups is 1. The predicted octanol–water partition coefficient (Wildman–Crippen LogP) is 3.11. The van der Waals surface area contributed by atoms with Gasteiger partial charge in [0.2, 0.25) is 5.88 Å². The largest absolute Gasteiger partial charge is 0.474 e. The van der Waals surface area contributed by atoms with E-state index in [0.717, 1.165) is 36.8 Å². The van der Waals surface area contributed by atoms with Crippen LogP contribution in [0.2, 0.25) is 0 Å². The van der Waals surface area contributed by atoms with Gasteiger partial charge in [-0.2, -0.15) is 0 Å². The van der Waals surface area contributed by atoms with Gasteiger partial charge in [0.1, 0.15) is 6.10 Å². The van der Waals surface area contributed by atoms with E-state index in [-0.39, 0.29) is 0 Å². The molecular formula is C18H30N4O. The van der Waals surface area contributed by atoms with Gasteiger partial charge in [-0.05, 0) is 37.2 Å². The molecule has 0 aliphatic heterocycles. The van der Waals surface area contributed by atoms with Crippen molar-refractivity contribution in [2.24, 2.45) is 10.9 Å². The SMILES string of the molecule is CN=C(NCc1ccc(OC2CCCCC2)nc1)NCC(C)C. The molecule has 1 aliphatic carbocycles. The molecule has 23 heavy (non-hydrogen) atoms. The fourth-order valence-electron chi connectivity index (χ4n) is 2.65. The smallest absolute Gasteiger partial charge is 0.213 e. The van der Waals surface area contributed by atoms with Gasteiger partial charge >= 0.3 is 0 Å². The topological polar surface area (TPSA) is 58.5 Å². The van der Waals surface area contributed by atoms with E-state index in [2.05, 4.69) is 40.5 Å². The van der Waals surface area contributed by atoms with Gasteiger partial charge in [0.25, 0.3) is 0 Å². The van der Waals surface area contributed by atoms with Crippen LogP contribution in [0.3, 0.4) is 0 Å². The number of aliphatic imine (C=N–C) groups is 1. The highest BCUT2D eigenvalue weighted by molar-refractivity contribution is 5.79. The Morgan fingerprint density at radius 1 is 1.26 bits per heavy atom. The number of ether oxygens (including phenoxy) is 1. The van der Waals surface area contributed by atoms with Crippen molar-refractivity contribution >= 4 is 5.96 Å². The molecule has 2 N–H and O–H groups in total. The molecule has 1 aromatic rings. The Morgan fingerprint density at radius 3 is 2.65 bits per heavy atom. The van der Waals surface area contributed by atoms with Crippen LogP contribution >= 0.6 is 0 Å². The Kier molecular flexibility index (Phi) is 7.17. The van der Waals surface area contributed by atoms with E-state index in [1.807, 2.05) is 12.3 Å². The second-order valence-electron chi connectivity index (χ2n) is 6.58. The highest BCUT2D eigenvalue weighted by Crippen LogP contribution is 2.22. The number of nitrogens with zero attached hydrogens (tertiary/aromatic N) is 2. The van der Waals surface area contributed by atoms with Crippen molar-refractivity contribution in [3.8, 4) is 5.88 Å². The molecule has 0 amide bonds. The fourth-order valence-corrected chi connectivity index (χ4v) is 2.65. The molecule has 5 nitrogen and oxygen atoms in total. The maximum absolute atomic E-state index is 5.95. The van der Waals surface area contributed by atoms with Crippen molar-refractivity contribution in [2.45, 2.75) is 58.6 Å². The Bertz CT molecular complexity index is 478. The maximum atomic E-state index is 5.95. The van der Waals surface area contributed by atoms with Crippen LogP contribution in [0, 0.1) is 5.92 Å². The lowest BCUT2D eigenvalue weighted by Crippen LogP contribution is -2.38. The van der Waals surface area contributed by atoms with Gasteiger partial charge in [-0.1, -0.05) is 26.3 Å². The molecule has 0 radical (unpaired) electrons. The summed E-state index contributed by atoms with van der Waals surface area (Å²) in [5.41, 5.74) is 1.12. The average molecular weight is 318 g/mol. The second kappa shape index (κ2) is 9.38. The van der Waals surface area contributed by atoms with Crippen molar-refractivity contribution in [1.82, 2.24) is 15.6 Å². The van der Waals surface area contributed by atoms with Gasteiger partial charge in [0.05, 0.1) is 0 Å². The summed E-state index contributed by atoms with van der Waals surface area (Å²) in [7, 11) is 1.79. The summed E-state index contributed by atoms with van der Waals surface area (Å²) >= 11 is 0. The minimum absolute atomic E-state index is 0.347. The Labute approximate surface area is 139 Å². The first-order valence-corrected chi connectivity index (χ1v) is 8.73. The lowest BCUT2D eigenvalue weighted by molar-refractivity contribution is 0.148. The molecule has 0 atom stereocenters. The molecule has 1 heterocycles. The minimum Gasteiger partial charge on any atom is -0.474 e. The summed E-state index contributed by atoms with van der Waals surface area (Å²) in [5.74, 6) is 2.15. The normalized spacial score (nSPS) is 16.4. The molecule has 128 valence electrons. The first-order valence-electron chi connectivity index (χ1n) is 8.73. The molecule has 0 unspecified atom stereocenters. The lowest BCUT2D eigenvalue weighted by Gasteiger charge is -2.22. The van der Waals surface area contributed by atoms with Crippen molar-refractivity contribution < 1.29 is 4.74 Å². The monoisotopic (exact) mass is 318 g/mol. The van der Waals surface area contributed by atoms with Crippen LogP contribution in [0.4, 0.5) is 0 Å². The first kappa shape index (κ1) is 17.6. The predicted molar refractivity (Wildman–Crippen MR) is 94.8 cm³/mol. The van der Waals surface area contributed by atoms with E-state index >= 15 is 0 Å². The summed E-state index contributed by atoms with van der Waals surface area (Å²) in [6.07, 6.45) is 8.42. The van der Waals surface area contributed by atoms with Gasteiger partial charge in [-0.3, -0.25) is 4.99 Å². The van der Waals surface area contributed by atoms with Crippen molar-refractivity contribution in [1.29, 1.82) is 0 Å². The van der Waals surface area contributed by atoms with Gasteiger partial charge in [0.15, 0.2) is 5.96 Å². The minimum atomic E-state index is 0.347. The molecule has 0 aromatic carbocycles. The van der Waals surface area contributed by atoms with E-state index in [4.69, 9.17) is 4.74 Å². The van der Waals surface area contributed by atoms with E-state index in [1.165, 1.54) is 19.3 Å². The summed E-state index contributed by atoms with van der Waals surface area (Å²) < 4.78 is 5.95. The van der Waals surface area contributed by atoms with Gasteiger partial charge < -0.3 is 15.4 Å². The molecule has 1 fully saturated rings. The zero-order valence-electron chi connectivity index (χ0n) is 14.6. The molecular weight excluding hydrogens is 288 g/mol. The third-order valence-electron chi connectivity index (χ3n) is 4.00. The van der Waals surface area contributed by atoms with Crippen LogP contribution in [0.15, 0.2) is 23.3 Å². The fraction of sp³-hybridized carbons (Fsp3) is 0.667. The molecule has 1 aliphatic rings. The van der Waals surface area contributed by atoms with Crippen molar-refractivity contribution in [3.05, 3.63) is 23.9 Å². The molecule has 1 saturated carbocycles. The van der Waals surface area contributed by atoms with Gasteiger partial charge in [0, 0.05) is 32.4 Å². The first-order chi connectivity index (χ1) is 11.2. The second-order valence-corrected chi connectivity index (χ2v) is 6.58.